The van der Waals surface area contributed by atoms with Crippen LogP contribution in [0.3, 0.4) is 0 Å². The summed E-state index contributed by atoms with van der Waals surface area (Å²) in [6.45, 7) is -3.22. The summed E-state index contributed by atoms with van der Waals surface area (Å²) < 4.78 is 67.8. The van der Waals surface area contributed by atoms with Crippen LogP contribution >= 0.6 is 34.8 Å². The van der Waals surface area contributed by atoms with E-state index in [9.17, 15) is 22.0 Å². The highest BCUT2D eigenvalue weighted by atomic mass is 35.5. The Morgan fingerprint density at radius 1 is 0.870 bits per heavy atom. The van der Waals surface area contributed by atoms with Gasteiger partial charge in [0, 0.05) is 11.1 Å². The van der Waals surface area contributed by atoms with E-state index in [2.05, 4.69) is 4.74 Å². The summed E-state index contributed by atoms with van der Waals surface area (Å²) in [5.74, 6) is -0.465. The third kappa shape index (κ3) is 4.00. The lowest BCUT2D eigenvalue weighted by molar-refractivity contribution is -0.137. The van der Waals surface area contributed by atoms with Crippen molar-refractivity contribution in [3.63, 3.8) is 0 Å². The van der Waals surface area contributed by atoms with E-state index >= 15 is 0 Å². The van der Waals surface area contributed by atoms with E-state index in [1.165, 1.54) is 12.1 Å². The standard InChI is InChI=1S/C14H6Cl3F5O/c15-9-3-2-7(11(16)12(9)17)8-5-6(14(20,21)22)1-4-10(8)23-13(18)19/h1-5,13H. The van der Waals surface area contributed by atoms with Crippen LogP contribution in [0.5, 0.6) is 5.75 Å². The zero-order valence-corrected chi connectivity index (χ0v) is 13.2. The van der Waals surface area contributed by atoms with Gasteiger partial charge in [0.25, 0.3) is 0 Å². The van der Waals surface area contributed by atoms with Gasteiger partial charge < -0.3 is 4.74 Å². The van der Waals surface area contributed by atoms with E-state index in [4.69, 9.17) is 34.8 Å². The van der Waals surface area contributed by atoms with Crippen LogP contribution in [-0.4, -0.2) is 6.61 Å². The van der Waals surface area contributed by atoms with E-state index in [1.54, 1.807) is 0 Å². The van der Waals surface area contributed by atoms with Crippen molar-refractivity contribution in [3.05, 3.63) is 51.0 Å². The van der Waals surface area contributed by atoms with Crippen LogP contribution in [-0.2, 0) is 6.18 Å². The molecule has 0 aliphatic heterocycles. The Kier molecular flexibility index (Phi) is 5.28. The van der Waals surface area contributed by atoms with Crippen LogP contribution in [0.2, 0.25) is 15.1 Å². The molecule has 23 heavy (non-hydrogen) atoms. The third-order valence-corrected chi connectivity index (χ3v) is 4.14. The average Bonchev–Trinajstić information content (AvgIpc) is 2.44. The summed E-state index contributed by atoms with van der Waals surface area (Å²) in [7, 11) is 0. The lowest BCUT2D eigenvalue weighted by Crippen LogP contribution is -2.07. The molecule has 9 heteroatoms. The van der Waals surface area contributed by atoms with Gasteiger partial charge in [0.1, 0.15) is 5.75 Å². The van der Waals surface area contributed by atoms with Crippen molar-refractivity contribution in [2.75, 3.05) is 0 Å². The van der Waals surface area contributed by atoms with E-state index in [-0.39, 0.29) is 26.2 Å². The lowest BCUT2D eigenvalue weighted by atomic mass is 10.0. The predicted molar refractivity (Wildman–Crippen MR) is 78.5 cm³/mol. The minimum Gasteiger partial charge on any atom is -0.434 e. The Bertz CT molecular complexity index is 731. The fourth-order valence-corrected chi connectivity index (χ4v) is 2.49. The Hall–Kier alpha value is -1.24. The number of hydrogen-bond acceptors (Lipinski definition) is 1. The van der Waals surface area contributed by atoms with Crippen LogP contribution in [0.1, 0.15) is 5.56 Å². The molecule has 0 heterocycles. The number of ether oxygens (including phenoxy) is 1. The summed E-state index contributed by atoms with van der Waals surface area (Å²) in [6, 6.07) is 4.64. The average molecular weight is 392 g/mol. The number of benzene rings is 2. The maximum Gasteiger partial charge on any atom is 0.416 e. The second-order valence-electron chi connectivity index (χ2n) is 4.31. The van der Waals surface area contributed by atoms with Gasteiger partial charge >= 0.3 is 12.8 Å². The van der Waals surface area contributed by atoms with Crippen molar-refractivity contribution in [1.29, 1.82) is 0 Å². The molecule has 0 unspecified atom stereocenters. The van der Waals surface area contributed by atoms with Crippen molar-refractivity contribution < 1.29 is 26.7 Å². The number of rotatable bonds is 3. The van der Waals surface area contributed by atoms with Gasteiger partial charge in [-0.15, -0.1) is 0 Å². The van der Waals surface area contributed by atoms with Gasteiger partial charge in [0.05, 0.1) is 20.6 Å². The molecule has 0 spiro atoms. The van der Waals surface area contributed by atoms with Gasteiger partial charge in [-0.05, 0) is 24.3 Å². The molecular weight excluding hydrogens is 386 g/mol. The van der Waals surface area contributed by atoms with Crippen LogP contribution in [0.25, 0.3) is 11.1 Å². The van der Waals surface area contributed by atoms with E-state index in [0.29, 0.717) is 12.1 Å². The first-order valence-electron chi connectivity index (χ1n) is 5.91. The Morgan fingerprint density at radius 2 is 1.52 bits per heavy atom. The highest BCUT2D eigenvalue weighted by Crippen LogP contribution is 2.43. The SMILES string of the molecule is FC(F)Oc1ccc(C(F)(F)F)cc1-c1ccc(Cl)c(Cl)c1Cl. The van der Waals surface area contributed by atoms with Gasteiger partial charge in [-0.3, -0.25) is 0 Å². The normalized spacial score (nSPS) is 11.9. The fourth-order valence-electron chi connectivity index (χ4n) is 1.85. The zero-order chi connectivity index (χ0) is 17.4. The lowest BCUT2D eigenvalue weighted by Gasteiger charge is -2.16. The predicted octanol–water partition coefficient (Wildman–Crippen LogP) is 6.93. The first-order chi connectivity index (χ1) is 10.6. The second-order valence-corrected chi connectivity index (χ2v) is 5.47. The number of halogens is 8. The molecule has 0 fully saturated rings. The van der Waals surface area contributed by atoms with Gasteiger partial charge in [-0.25, -0.2) is 0 Å². The first kappa shape index (κ1) is 18.1. The summed E-state index contributed by atoms with van der Waals surface area (Å²) >= 11 is 17.6. The Balaban J connectivity index is 2.69. The molecule has 2 rings (SSSR count). The topological polar surface area (TPSA) is 9.23 Å². The quantitative estimate of drug-likeness (QED) is 0.407. The molecular formula is C14H6Cl3F5O. The third-order valence-electron chi connectivity index (χ3n) is 2.85. The summed E-state index contributed by atoms with van der Waals surface area (Å²) in [6.07, 6.45) is -4.67. The fraction of sp³-hybridized carbons (Fsp3) is 0.143. The van der Waals surface area contributed by atoms with Crippen molar-refractivity contribution in [3.8, 4) is 16.9 Å². The molecule has 0 amide bonds. The van der Waals surface area contributed by atoms with E-state index in [1.807, 2.05) is 0 Å². The van der Waals surface area contributed by atoms with Crippen molar-refractivity contribution in [2.24, 2.45) is 0 Å². The van der Waals surface area contributed by atoms with E-state index in [0.717, 1.165) is 6.07 Å². The summed E-state index contributed by atoms with van der Waals surface area (Å²) in [5, 5.41) is -0.201. The second kappa shape index (κ2) is 6.71. The first-order valence-corrected chi connectivity index (χ1v) is 7.04. The largest absolute Gasteiger partial charge is 0.434 e. The molecule has 124 valence electrons. The highest BCUT2D eigenvalue weighted by Gasteiger charge is 2.32. The summed E-state index contributed by atoms with van der Waals surface area (Å²) in [5.41, 5.74) is -1.33. The van der Waals surface area contributed by atoms with Crippen molar-refractivity contribution >= 4 is 34.8 Å². The van der Waals surface area contributed by atoms with Gasteiger partial charge in [0.15, 0.2) is 0 Å². The van der Waals surface area contributed by atoms with Gasteiger partial charge in [-0.1, -0.05) is 40.9 Å². The maximum absolute atomic E-state index is 12.9. The van der Waals surface area contributed by atoms with Gasteiger partial charge in [0.2, 0.25) is 0 Å². The number of hydrogen-bond donors (Lipinski definition) is 0. The molecule has 0 saturated heterocycles. The molecule has 0 saturated carbocycles. The van der Waals surface area contributed by atoms with Gasteiger partial charge in [-0.2, -0.15) is 22.0 Å². The molecule has 0 atom stereocenters. The van der Waals surface area contributed by atoms with Crippen LogP contribution in [0.4, 0.5) is 22.0 Å². The van der Waals surface area contributed by atoms with Crippen molar-refractivity contribution in [2.45, 2.75) is 12.8 Å². The monoisotopic (exact) mass is 390 g/mol. The minimum absolute atomic E-state index is 0.0113. The summed E-state index contributed by atoms with van der Waals surface area (Å²) in [4.78, 5) is 0. The van der Waals surface area contributed by atoms with Crippen LogP contribution in [0.15, 0.2) is 30.3 Å². The molecule has 0 bridgehead atoms. The molecule has 0 N–H and O–H groups in total. The molecule has 0 aliphatic rings. The Morgan fingerprint density at radius 3 is 2.09 bits per heavy atom. The molecule has 2 aromatic rings. The van der Waals surface area contributed by atoms with Crippen molar-refractivity contribution in [1.82, 2.24) is 0 Å². The molecule has 1 nitrogen and oxygen atoms in total. The van der Waals surface area contributed by atoms with Crippen LogP contribution < -0.4 is 4.74 Å². The zero-order valence-electron chi connectivity index (χ0n) is 10.9. The van der Waals surface area contributed by atoms with Crippen LogP contribution in [0, 0.1) is 0 Å². The Labute approximate surface area is 142 Å². The number of alkyl halides is 5. The molecule has 2 aromatic carbocycles. The van der Waals surface area contributed by atoms with E-state index < -0.39 is 24.1 Å². The smallest absolute Gasteiger partial charge is 0.416 e. The molecule has 0 aromatic heterocycles. The molecule has 0 radical (unpaired) electrons. The highest BCUT2D eigenvalue weighted by molar-refractivity contribution is 6.49. The maximum atomic E-state index is 12.9. The minimum atomic E-state index is -4.67. The molecule has 0 aliphatic carbocycles.